The van der Waals surface area contributed by atoms with Crippen LogP contribution in [-0.2, 0) is 7.05 Å². The van der Waals surface area contributed by atoms with Gasteiger partial charge in [-0.15, -0.1) is 0 Å². The second-order valence-corrected chi connectivity index (χ2v) is 6.87. The molecule has 0 aliphatic heterocycles. The Bertz CT molecular complexity index is 1310. The molecule has 4 rings (SSSR count). The zero-order valence-electron chi connectivity index (χ0n) is 16.2. The minimum Gasteiger partial charge on any atom is -0.478 e. The SMILES string of the molecule is Cc1cc(-c2cc3c(cnn3C)cc2Nc2cccc(C(=O)O)c2C(=O)O)ccn1. The van der Waals surface area contributed by atoms with Gasteiger partial charge in [-0.2, -0.15) is 5.10 Å². The van der Waals surface area contributed by atoms with Crippen LogP contribution in [0.2, 0.25) is 0 Å². The molecule has 0 saturated carbocycles. The molecule has 0 amide bonds. The van der Waals surface area contributed by atoms with Crippen molar-refractivity contribution in [3.8, 4) is 11.1 Å². The number of carboxylic acid groups (broad SMARTS) is 2. The van der Waals surface area contributed by atoms with E-state index in [1.165, 1.54) is 12.1 Å². The van der Waals surface area contributed by atoms with Crippen molar-refractivity contribution in [3.05, 3.63) is 71.7 Å². The molecule has 8 nitrogen and oxygen atoms in total. The van der Waals surface area contributed by atoms with Gasteiger partial charge < -0.3 is 15.5 Å². The van der Waals surface area contributed by atoms with Gasteiger partial charge in [0.05, 0.1) is 28.5 Å². The number of aromatic carboxylic acids is 2. The molecule has 0 aliphatic rings. The minimum absolute atomic E-state index is 0.192. The van der Waals surface area contributed by atoms with Gasteiger partial charge in [0.25, 0.3) is 0 Å². The molecule has 0 aliphatic carbocycles. The first-order chi connectivity index (χ1) is 14.3. The van der Waals surface area contributed by atoms with E-state index in [0.29, 0.717) is 5.69 Å². The van der Waals surface area contributed by atoms with E-state index in [2.05, 4.69) is 15.4 Å². The summed E-state index contributed by atoms with van der Waals surface area (Å²) in [6.45, 7) is 1.89. The van der Waals surface area contributed by atoms with Crippen molar-refractivity contribution in [2.75, 3.05) is 5.32 Å². The first kappa shape index (κ1) is 19.1. The molecule has 4 aromatic rings. The Hall–Kier alpha value is -4.20. The van der Waals surface area contributed by atoms with Gasteiger partial charge in [0.2, 0.25) is 0 Å². The molecule has 2 aromatic heterocycles. The molecule has 0 bridgehead atoms. The Balaban J connectivity index is 1.94. The highest BCUT2D eigenvalue weighted by Gasteiger charge is 2.21. The largest absolute Gasteiger partial charge is 0.478 e. The van der Waals surface area contributed by atoms with Crippen LogP contribution in [0, 0.1) is 6.92 Å². The van der Waals surface area contributed by atoms with Crippen LogP contribution in [0.25, 0.3) is 22.0 Å². The number of aromatic nitrogens is 3. The third-order valence-corrected chi connectivity index (χ3v) is 4.87. The lowest BCUT2D eigenvalue weighted by molar-refractivity contribution is 0.0652. The molecule has 0 atom stereocenters. The molecule has 30 heavy (non-hydrogen) atoms. The van der Waals surface area contributed by atoms with Crippen molar-refractivity contribution < 1.29 is 19.8 Å². The summed E-state index contributed by atoms with van der Waals surface area (Å²) in [5.41, 5.74) is 3.69. The number of rotatable bonds is 5. The standard InChI is InChI=1S/C22H18N4O4/c1-12-8-13(6-7-23-12)16-10-19-14(11-24-26(19)2)9-18(16)25-17-5-3-4-15(21(27)28)20(17)22(29)30/h3-11,25H,1-2H3,(H,27,28)(H,29,30). The van der Waals surface area contributed by atoms with Gasteiger partial charge in [-0.1, -0.05) is 6.07 Å². The number of fused-ring (bicyclic) bond motifs is 1. The summed E-state index contributed by atoms with van der Waals surface area (Å²) in [6, 6.07) is 11.9. The Morgan fingerprint density at radius 3 is 2.53 bits per heavy atom. The summed E-state index contributed by atoms with van der Waals surface area (Å²) < 4.78 is 1.75. The molecule has 8 heteroatoms. The van der Waals surface area contributed by atoms with E-state index in [-0.39, 0.29) is 16.8 Å². The van der Waals surface area contributed by atoms with E-state index < -0.39 is 11.9 Å². The van der Waals surface area contributed by atoms with E-state index in [4.69, 9.17) is 0 Å². The van der Waals surface area contributed by atoms with E-state index >= 15 is 0 Å². The fourth-order valence-corrected chi connectivity index (χ4v) is 3.47. The summed E-state index contributed by atoms with van der Waals surface area (Å²) in [5, 5.41) is 27.3. The maximum Gasteiger partial charge on any atom is 0.338 e. The van der Waals surface area contributed by atoms with E-state index in [1.807, 2.05) is 38.2 Å². The van der Waals surface area contributed by atoms with Gasteiger partial charge in [-0.05, 0) is 48.9 Å². The number of carboxylic acids is 2. The van der Waals surface area contributed by atoms with Gasteiger partial charge in [-0.3, -0.25) is 9.67 Å². The highest BCUT2D eigenvalue weighted by atomic mass is 16.4. The van der Waals surface area contributed by atoms with Gasteiger partial charge >= 0.3 is 11.9 Å². The van der Waals surface area contributed by atoms with Crippen LogP contribution in [0.15, 0.2) is 54.9 Å². The predicted molar refractivity (Wildman–Crippen MR) is 112 cm³/mol. The lowest BCUT2D eigenvalue weighted by atomic mass is 10.0. The van der Waals surface area contributed by atoms with Crippen LogP contribution in [0.3, 0.4) is 0 Å². The van der Waals surface area contributed by atoms with Crippen LogP contribution in [0.4, 0.5) is 11.4 Å². The number of aryl methyl sites for hydroxylation is 2. The number of pyridine rings is 1. The summed E-state index contributed by atoms with van der Waals surface area (Å²) in [5.74, 6) is -2.62. The maximum absolute atomic E-state index is 11.8. The fourth-order valence-electron chi connectivity index (χ4n) is 3.47. The van der Waals surface area contributed by atoms with Gasteiger partial charge in [-0.25, -0.2) is 9.59 Å². The molecule has 0 radical (unpaired) electrons. The molecule has 0 saturated heterocycles. The Labute approximate surface area is 171 Å². The third kappa shape index (κ3) is 3.35. The maximum atomic E-state index is 11.8. The fraction of sp³-hybridized carbons (Fsp3) is 0.0909. The van der Waals surface area contributed by atoms with Crippen molar-refractivity contribution in [3.63, 3.8) is 0 Å². The molecule has 150 valence electrons. The summed E-state index contributed by atoms with van der Waals surface area (Å²) in [4.78, 5) is 27.6. The van der Waals surface area contributed by atoms with E-state index in [1.54, 1.807) is 23.1 Å². The van der Waals surface area contributed by atoms with Crippen molar-refractivity contribution in [1.82, 2.24) is 14.8 Å². The number of nitrogens with zero attached hydrogens (tertiary/aromatic N) is 3. The average molecular weight is 402 g/mol. The monoisotopic (exact) mass is 402 g/mol. The van der Waals surface area contributed by atoms with Crippen LogP contribution in [-0.4, -0.2) is 36.9 Å². The Morgan fingerprint density at radius 2 is 1.83 bits per heavy atom. The molecule has 2 heterocycles. The van der Waals surface area contributed by atoms with Crippen LogP contribution < -0.4 is 5.32 Å². The van der Waals surface area contributed by atoms with Crippen molar-refractivity contribution in [2.24, 2.45) is 7.05 Å². The first-order valence-electron chi connectivity index (χ1n) is 9.10. The highest BCUT2D eigenvalue weighted by molar-refractivity contribution is 6.07. The zero-order chi connectivity index (χ0) is 21.4. The average Bonchev–Trinajstić information content (AvgIpc) is 3.07. The number of carbonyl (C=O) groups is 2. The molecule has 0 unspecified atom stereocenters. The lowest BCUT2D eigenvalue weighted by Crippen LogP contribution is -2.11. The second-order valence-electron chi connectivity index (χ2n) is 6.87. The molecule has 0 fully saturated rings. The minimum atomic E-state index is -1.32. The topological polar surface area (TPSA) is 117 Å². The molecule has 0 spiro atoms. The van der Waals surface area contributed by atoms with E-state index in [9.17, 15) is 19.8 Å². The second kappa shape index (κ2) is 7.32. The predicted octanol–water partition coefficient (Wildman–Crippen LogP) is 4.08. The number of anilines is 2. The quantitative estimate of drug-likeness (QED) is 0.460. The number of hydrogen-bond acceptors (Lipinski definition) is 5. The van der Waals surface area contributed by atoms with Crippen LogP contribution in [0.1, 0.15) is 26.4 Å². The Morgan fingerprint density at radius 1 is 1.03 bits per heavy atom. The normalized spacial score (nSPS) is 10.9. The Kier molecular flexibility index (Phi) is 4.67. The van der Waals surface area contributed by atoms with Crippen LogP contribution >= 0.6 is 0 Å². The highest BCUT2D eigenvalue weighted by Crippen LogP contribution is 2.35. The molecule has 3 N–H and O–H groups in total. The third-order valence-electron chi connectivity index (χ3n) is 4.87. The number of nitrogens with one attached hydrogen (secondary N) is 1. The van der Waals surface area contributed by atoms with Crippen molar-refractivity contribution >= 4 is 34.2 Å². The molecular weight excluding hydrogens is 384 g/mol. The van der Waals surface area contributed by atoms with E-state index in [0.717, 1.165) is 27.7 Å². The van der Waals surface area contributed by atoms with Crippen molar-refractivity contribution in [2.45, 2.75) is 6.92 Å². The summed E-state index contributed by atoms with van der Waals surface area (Å²) in [7, 11) is 1.84. The molecule has 2 aromatic carbocycles. The molecular formula is C22H18N4O4. The number of hydrogen-bond donors (Lipinski definition) is 3. The van der Waals surface area contributed by atoms with Gasteiger partial charge in [0.1, 0.15) is 0 Å². The zero-order valence-corrected chi connectivity index (χ0v) is 16.2. The van der Waals surface area contributed by atoms with Crippen LogP contribution in [0.5, 0.6) is 0 Å². The summed E-state index contributed by atoms with van der Waals surface area (Å²) >= 11 is 0. The first-order valence-corrected chi connectivity index (χ1v) is 9.10. The van der Waals surface area contributed by atoms with Crippen molar-refractivity contribution in [1.29, 1.82) is 0 Å². The van der Waals surface area contributed by atoms with Gasteiger partial charge in [0.15, 0.2) is 0 Å². The lowest BCUT2D eigenvalue weighted by Gasteiger charge is -2.16. The van der Waals surface area contributed by atoms with Gasteiger partial charge in [0, 0.05) is 35.6 Å². The number of benzene rings is 2. The smallest absolute Gasteiger partial charge is 0.338 e. The summed E-state index contributed by atoms with van der Waals surface area (Å²) in [6.07, 6.45) is 3.42.